The van der Waals surface area contributed by atoms with E-state index < -0.39 is 0 Å². The second kappa shape index (κ2) is 5.98. The Labute approximate surface area is 115 Å². The van der Waals surface area contributed by atoms with Crippen LogP contribution in [0.1, 0.15) is 25.8 Å². The molecule has 1 aromatic rings. The average molecular weight is 264 g/mol. The SMILES string of the molecule is CCc1ccc2c(c1)SC(CCNC)C(C)N2C. The van der Waals surface area contributed by atoms with E-state index in [0.717, 1.165) is 13.0 Å². The molecule has 1 aliphatic rings. The summed E-state index contributed by atoms with van der Waals surface area (Å²) in [7, 11) is 4.26. The maximum absolute atomic E-state index is 3.27. The van der Waals surface area contributed by atoms with Gasteiger partial charge in [-0.05, 0) is 51.1 Å². The molecule has 2 unspecified atom stereocenters. The Kier molecular flexibility index (Phi) is 4.57. The number of thioether (sulfide) groups is 1. The van der Waals surface area contributed by atoms with Gasteiger partial charge in [0.15, 0.2) is 0 Å². The van der Waals surface area contributed by atoms with Crippen molar-refractivity contribution in [1.29, 1.82) is 0 Å². The van der Waals surface area contributed by atoms with Crippen molar-refractivity contribution in [2.75, 3.05) is 25.5 Å². The first-order valence-electron chi connectivity index (χ1n) is 6.84. The van der Waals surface area contributed by atoms with Crippen molar-refractivity contribution in [3.63, 3.8) is 0 Å². The molecular weight excluding hydrogens is 240 g/mol. The van der Waals surface area contributed by atoms with Crippen LogP contribution in [0.25, 0.3) is 0 Å². The Bertz CT molecular complexity index is 405. The first-order chi connectivity index (χ1) is 8.67. The van der Waals surface area contributed by atoms with Gasteiger partial charge in [-0.1, -0.05) is 13.0 Å². The van der Waals surface area contributed by atoms with E-state index in [-0.39, 0.29) is 0 Å². The maximum Gasteiger partial charge on any atom is 0.0504 e. The number of nitrogens with zero attached hydrogens (tertiary/aromatic N) is 1. The molecule has 18 heavy (non-hydrogen) atoms. The summed E-state index contributed by atoms with van der Waals surface area (Å²) >= 11 is 2.06. The first-order valence-corrected chi connectivity index (χ1v) is 7.72. The molecule has 0 fully saturated rings. The molecule has 1 heterocycles. The Hall–Kier alpha value is -0.670. The number of nitrogens with one attached hydrogen (secondary N) is 1. The summed E-state index contributed by atoms with van der Waals surface area (Å²) in [5.74, 6) is 0. The fourth-order valence-corrected chi connectivity index (χ4v) is 3.97. The largest absolute Gasteiger partial charge is 0.370 e. The second-order valence-corrected chi connectivity index (χ2v) is 6.34. The number of hydrogen-bond donors (Lipinski definition) is 1. The predicted octanol–water partition coefficient (Wildman–Crippen LogP) is 3.16. The molecular formula is C15H24N2S. The van der Waals surface area contributed by atoms with E-state index in [4.69, 9.17) is 0 Å². The van der Waals surface area contributed by atoms with Crippen LogP contribution in [0.2, 0.25) is 0 Å². The molecule has 1 N–H and O–H groups in total. The number of hydrogen-bond acceptors (Lipinski definition) is 3. The van der Waals surface area contributed by atoms with Gasteiger partial charge in [0.25, 0.3) is 0 Å². The van der Waals surface area contributed by atoms with Crippen LogP contribution in [0.15, 0.2) is 23.1 Å². The third kappa shape index (κ3) is 2.67. The molecule has 0 bridgehead atoms. The summed E-state index contributed by atoms with van der Waals surface area (Å²) < 4.78 is 0. The quantitative estimate of drug-likeness (QED) is 0.899. The zero-order chi connectivity index (χ0) is 13.1. The highest BCUT2D eigenvalue weighted by Crippen LogP contribution is 2.42. The summed E-state index contributed by atoms with van der Waals surface area (Å²) in [4.78, 5) is 3.89. The van der Waals surface area contributed by atoms with E-state index in [1.54, 1.807) is 0 Å². The molecule has 0 saturated carbocycles. The summed E-state index contributed by atoms with van der Waals surface area (Å²) in [5, 5.41) is 3.95. The highest BCUT2D eigenvalue weighted by molar-refractivity contribution is 8.00. The average Bonchev–Trinajstić information content (AvgIpc) is 2.40. The van der Waals surface area contributed by atoms with Gasteiger partial charge in [0.1, 0.15) is 0 Å². The number of aryl methyl sites for hydroxylation is 1. The van der Waals surface area contributed by atoms with Crippen molar-refractivity contribution in [2.45, 2.75) is 42.9 Å². The van der Waals surface area contributed by atoms with Crippen molar-refractivity contribution in [3.05, 3.63) is 23.8 Å². The minimum atomic E-state index is 0.600. The van der Waals surface area contributed by atoms with Gasteiger partial charge < -0.3 is 10.2 Å². The van der Waals surface area contributed by atoms with Crippen molar-refractivity contribution in [2.24, 2.45) is 0 Å². The summed E-state index contributed by atoms with van der Waals surface area (Å²) in [6.45, 7) is 5.66. The third-order valence-electron chi connectivity index (χ3n) is 3.92. The first kappa shape index (κ1) is 13.8. The highest BCUT2D eigenvalue weighted by Gasteiger charge is 2.29. The molecule has 0 aliphatic carbocycles. The van der Waals surface area contributed by atoms with E-state index in [9.17, 15) is 0 Å². The molecule has 0 spiro atoms. The van der Waals surface area contributed by atoms with Crippen molar-refractivity contribution < 1.29 is 0 Å². The van der Waals surface area contributed by atoms with Crippen LogP contribution in [-0.2, 0) is 6.42 Å². The molecule has 1 aliphatic heterocycles. The molecule has 2 nitrogen and oxygen atoms in total. The monoisotopic (exact) mass is 264 g/mol. The smallest absolute Gasteiger partial charge is 0.0504 e. The van der Waals surface area contributed by atoms with Crippen LogP contribution in [0.5, 0.6) is 0 Å². The van der Waals surface area contributed by atoms with Gasteiger partial charge in [-0.25, -0.2) is 0 Å². The summed E-state index contributed by atoms with van der Waals surface area (Å²) in [6.07, 6.45) is 2.34. The van der Waals surface area contributed by atoms with E-state index >= 15 is 0 Å². The summed E-state index contributed by atoms with van der Waals surface area (Å²) in [5.41, 5.74) is 2.84. The van der Waals surface area contributed by atoms with E-state index in [1.807, 2.05) is 7.05 Å². The Morgan fingerprint density at radius 3 is 2.83 bits per heavy atom. The van der Waals surface area contributed by atoms with E-state index in [1.165, 1.54) is 22.6 Å². The molecule has 1 aromatic carbocycles. The van der Waals surface area contributed by atoms with Gasteiger partial charge in [-0.3, -0.25) is 0 Å². The maximum atomic E-state index is 3.27. The Balaban J connectivity index is 2.23. The predicted molar refractivity (Wildman–Crippen MR) is 81.9 cm³/mol. The van der Waals surface area contributed by atoms with Gasteiger partial charge in [0.05, 0.1) is 5.69 Å². The molecule has 0 amide bonds. The lowest BCUT2D eigenvalue weighted by atomic mass is 10.1. The van der Waals surface area contributed by atoms with Crippen LogP contribution in [-0.4, -0.2) is 31.9 Å². The van der Waals surface area contributed by atoms with E-state index in [0.29, 0.717) is 11.3 Å². The topological polar surface area (TPSA) is 15.3 Å². The third-order valence-corrected chi connectivity index (χ3v) is 5.43. The zero-order valence-electron chi connectivity index (χ0n) is 11.9. The number of benzene rings is 1. The molecule has 0 aromatic heterocycles. The second-order valence-electron chi connectivity index (χ2n) is 5.06. The van der Waals surface area contributed by atoms with Crippen LogP contribution >= 0.6 is 11.8 Å². The minimum absolute atomic E-state index is 0.600. The normalized spacial score (nSPS) is 23.0. The van der Waals surface area contributed by atoms with Crippen molar-refractivity contribution in [3.8, 4) is 0 Å². The van der Waals surface area contributed by atoms with Gasteiger partial charge in [0.2, 0.25) is 0 Å². The standard InChI is InChI=1S/C15H24N2S/c1-5-12-6-7-13-15(10-12)18-14(8-9-16-3)11(2)17(13)4/h6-7,10-11,14,16H,5,8-9H2,1-4H3. The highest BCUT2D eigenvalue weighted by atomic mass is 32.2. The van der Waals surface area contributed by atoms with Crippen LogP contribution < -0.4 is 10.2 Å². The zero-order valence-corrected chi connectivity index (χ0v) is 12.7. The van der Waals surface area contributed by atoms with Crippen molar-refractivity contribution >= 4 is 17.4 Å². The molecule has 3 heteroatoms. The number of anilines is 1. The molecule has 0 radical (unpaired) electrons. The minimum Gasteiger partial charge on any atom is -0.370 e. The lowest BCUT2D eigenvalue weighted by Crippen LogP contribution is -2.41. The summed E-state index contributed by atoms with van der Waals surface area (Å²) in [6, 6.07) is 7.51. The van der Waals surface area contributed by atoms with Gasteiger partial charge in [-0.2, -0.15) is 0 Å². The lowest BCUT2D eigenvalue weighted by molar-refractivity contribution is 0.583. The Morgan fingerprint density at radius 1 is 1.39 bits per heavy atom. The fraction of sp³-hybridized carbons (Fsp3) is 0.600. The molecule has 2 atom stereocenters. The van der Waals surface area contributed by atoms with Crippen molar-refractivity contribution in [1.82, 2.24) is 5.32 Å². The van der Waals surface area contributed by atoms with Gasteiger partial charge >= 0.3 is 0 Å². The number of fused-ring (bicyclic) bond motifs is 1. The Morgan fingerprint density at radius 2 is 2.17 bits per heavy atom. The van der Waals surface area contributed by atoms with E-state index in [2.05, 4.69) is 61.1 Å². The molecule has 100 valence electrons. The van der Waals surface area contributed by atoms with Gasteiger partial charge in [-0.15, -0.1) is 11.8 Å². The van der Waals surface area contributed by atoms with Crippen LogP contribution in [0.4, 0.5) is 5.69 Å². The number of rotatable bonds is 4. The van der Waals surface area contributed by atoms with Crippen LogP contribution in [0, 0.1) is 0 Å². The molecule has 0 saturated heterocycles. The van der Waals surface area contributed by atoms with Gasteiger partial charge in [0, 0.05) is 23.2 Å². The lowest BCUT2D eigenvalue weighted by Gasteiger charge is -2.39. The van der Waals surface area contributed by atoms with Crippen LogP contribution in [0.3, 0.4) is 0 Å². The molecule has 2 rings (SSSR count). The fourth-order valence-electron chi connectivity index (χ4n) is 2.48.